The Kier molecular flexibility index (Phi) is 4.48. The van der Waals surface area contributed by atoms with Gasteiger partial charge in [-0.1, -0.05) is 11.6 Å². The Morgan fingerprint density at radius 3 is 2.48 bits per heavy atom. The van der Waals surface area contributed by atoms with Crippen LogP contribution in [0.2, 0.25) is 5.02 Å². The molecule has 0 unspecified atom stereocenters. The van der Waals surface area contributed by atoms with E-state index in [9.17, 15) is 0 Å². The van der Waals surface area contributed by atoms with Gasteiger partial charge in [0.1, 0.15) is 11.5 Å². The van der Waals surface area contributed by atoms with Gasteiger partial charge < -0.3 is 13.9 Å². The molecule has 0 aliphatic carbocycles. The van der Waals surface area contributed by atoms with E-state index in [0.717, 1.165) is 16.9 Å². The molecule has 0 radical (unpaired) electrons. The van der Waals surface area contributed by atoms with Crippen LogP contribution < -0.4 is 9.47 Å². The van der Waals surface area contributed by atoms with Gasteiger partial charge in [0.25, 0.3) is 5.89 Å². The van der Waals surface area contributed by atoms with E-state index in [2.05, 4.69) is 10.2 Å². The van der Waals surface area contributed by atoms with E-state index >= 15 is 0 Å². The standard InChI is InChI=1S/C17H15ClN2O3/c1-11-9-14(7-8-15(11)18)22-10-16-19-20-17(23-16)12-3-5-13(21-2)6-4-12/h3-9H,10H2,1-2H3. The summed E-state index contributed by atoms with van der Waals surface area (Å²) in [5.41, 5.74) is 1.78. The van der Waals surface area contributed by atoms with Crippen LogP contribution in [-0.4, -0.2) is 17.3 Å². The van der Waals surface area contributed by atoms with E-state index in [0.29, 0.717) is 22.6 Å². The zero-order chi connectivity index (χ0) is 16.2. The summed E-state index contributed by atoms with van der Waals surface area (Å²) < 4.78 is 16.4. The zero-order valence-corrected chi connectivity index (χ0v) is 13.5. The van der Waals surface area contributed by atoms with Crippen molar-refractivity contribution in [2.75, 3.05) is 7.11 Å². The van der Waals surface area contributed by atoms with Gasteiger partial charge in [-0.05, 0) is 55.0 Å². The molecule has 3 rings (SSSR count). The molecule has 118 valence electrons. The quantitative estimate of drug-likeness (QED) is 0.698. The van der Waals surface area contributed by atoms with Crippen LogP contribution >= 0.6 is 11.6 Å². The molecule has 3 aromatic rings. The zero-order valence-electron chi connectivity index (χ0n) is 12.7. The lowest BCUT2D eigenvalue weighted by Crippen LogP contribution is -1.96. The average Bonchev–Trinajstić information content (AvgIpc) is 3.05. The van der Waals surface area contributed by atoms with E-state index in [1.165, 1.54) is 0 Å². The summed E-state index contributed by atoms with van der Waals surface area (Å²) in [6, 6.07) is 12.9. The molecule has 0 spiro atoms. The Labute approximate surface area is 138 Å². The van der Waals surface area contributed by atoms with Crippen molar-refractivity contribution in [3.8, 4) is 23.0 Å². The second-order valence-corrected chi connectivity index (χ2v) is 5.34. The van der Waals surface area contributed by atoms with Gasteiger partial charge >= 0.3 is 0 Å². The number of nitrogens with zero attached hydrogens (tertiary/aromatic N) is 2. The lowest BCUT2D eigenvalue weighted by Gasteiger charge is -2.05. The number of methoxy groups -OCH3 is 1. The minimum Gasteiger partial charge on any atom is -0.497 e. The molecule has 0 atom stereocenters. The highest BCUT2D eigenvalue weighted by Gasteiger charge is 2.09. The summed E-state index contributed by atoms with van der Waals surface area (Å²) in [5.74, 6) is 2.33. The molecule has 0 aliphatic rings. The van der Waals surface area contributed by atoms with Crippen molar-refractivity contribution in [1.82, 2.24) is 10.2 Å². The number of aryl methyl sites for hydroxylation is 1. The molecule has 0 N–H and O–H groups in total. The van der Waals surface area contributed by atoms with Crippen molar-refractivity contribution in [1.29, 1.82) is 0 Å². The normalized spacial score (nSPS) is 10.6. The van der Waals surface area contributed by atoms with Crippen molar-refractivity contribution in [2.45, 2.75) is 13.5 Å². The van der Waals surface area contributed by atoms with Gasteiger partial charge in [0.2, 0.25) is 5.89 Å². The van der Waals surface area contributed by atoms with Gasteiger partial charge in [-0.3, -0.25) is 0 Å². The summed E-state index contributed by atoms with van der Waals surface area (Å²) in [5, 5.41) is 8.72. The van der Waals surface area contributed by atoms with Crippen molar-refractivity contribution in [2.24, 2.45) is 0 Å². The smallest absolute Gasteiger partial charge is 0.254 e. The van der Waals surface area contributed by atoms with Crippen LogP contribution in [0.25, 0.3) is 11.5 Å². The fraction of sp³-hybridized carbons (Fsp3) is 0.176. The monoisotopic (exact) mass is 330 g/mol. The Morgan fingerprint density at radius 1 is 1.04 bits per heavy atom. The van der Waals surface area contributed by atoms with Crippen LogP contribution in [0, 0.1) is 6.92 Å². The first-order valence-electron chi connectivity index (χ1n) is 7.01. The molecule has 23 heavy (non-hydrogen) atoms. The first-order chi connectivity index (χ1) is 11.2. The number of hydrogen-bond donors (Lipinski definition) is 0. The summed E-state index contributed by atoms with van der Waals surface area (Å²) in [7, 11) is 1.62. The molecule has 1 heterocycles. The van der Waals surface area contributed by atoms with Crippen LogP contribution in [0.15, 0.2) is 46.9 Å². The Balaban J connectivity index is 1.67. The maximum absolute atomic E-state index is 5.99. The maximum Gasteiger partial charge on any atom is 0.254 e. The number of ether oxygens (including phenoxy) is 2. The predicted molar refractivity (Wildman–Crippen MR) is 86.8 cm³/mol. The highest BCUT2D eigenvalue weighted by Crippen LogP contribution is 2.23. The Bertz CT molecular complexity index is 800. The third kappa shape index (κ3) is 3.63. The second kappa shape index (κ2) is 6.71. The lowest BCUT2D eigenvalue weighted by molar-refractivity contribution is 0.264. The Hall–Kier alpha value is -2.53. The molecule has 0 bridgehead atoms. The fourth-order valence-corrected chi connectivity index (χ4v) is 2.13. The largest absolute Gasteiger partial charge is 0.497 e. The molecule has 0 saturated heterocycles. The fourth-order valence-electron chi connectivity index (χ4n) is 2.01. The summed E-state index contributed by atoms with van der Waals surface area (Å²) >= 11 is 5.99. The molecule has 1 aromatic heterocycles. The summed E-state index contributed by atoms with van der Waals surface area (Å²) in [6.45, 7) is 2.12. The maximum atomic E-state index is 5.99. The molecule has 5 nitrogen and oxygen atoms in total. The van der Waals surface area contributed by atoms with Crippen molar-refractivity contribution < 1.29 is 13.9 Å². The van der Waals surface area contributed by atoms with Crippen LogP contribution in [0.5, 0.6) is 11.5 Å². The molecule has 0 saturated carbocycles. The molecule has 0 aliphatic heterocycles. The number of benzene rings is 2. The lowest BCUT2D eigenvalue weighted by atomic mass is 10.2. The first kappa shape index (κ1) is 15.4. The summed E-state index contributed by atoms with van der Waals surface area (Å²) in [6.07, 6.45) is 0. The van der Waals surface area contributed by atoms with Gasteiger partial charge in [0.05, 0.1) is 7.11 Å². The van der Waals surface area contributed by atoms with E-state index in [-0.39, 0.29) is 6.61 Å². The van der Waals surface area contributed by atoms with Gasteiger partial charge in [-0.2, -0.15) is 0 Å². The van der Waals surface area contributed by atoms with Crippen molar-refractivity contribution in [3.05, 3.63) is 58.9 Å². The molecular weight excluding hydrogens is 316 g/mol. The molecule has 2 aromatic carbocycles. The number of halogens is 1. The minimum absolute atomic E-state index is 0.199. The summed E-state index contributed by atoms with van der Waals surface area (Å²) in [4.78, 5) is 0. The van der Waals surface area contributed by atoms with Crippen molar-refractivity contribution >= 4 is 11.6 Å². The molecule has 0 fully saturated rings. The highest BCUT2D eigenvalue weighted by atomic mass is 35.5. The van der Waals surface area contributed by atoms with E-state index in [4.69, 9.17) is 25.5 Å². The van der Waals surface area contributed by atoms with Crippen molar-refractivity contribution in [3.63, 3.8) is 0 Å². The van der Waals surface area contributed by atoms with E-state index < -0.39 is 0 Å². The van der Waals surface area contributed by atoms with Crippen LogP contribution in [0.1, 0.15) is 11.5 Å². The van der Waals surface area contributed by atoms with Crippen LogP contribution in [-0.2, 0) is 6.61 Å². The predicted octanol–water partition coefficient (Wildman–Crippen LogP) is 4.29. The van der Waals surface area contributed by atoms with E-state index in [1.54, 1.807) is 19.2 Å². The van der Waals surface area contributed by atoms with E-state index in [1.807, 2.05) is 37.3 Å². The van der Waals surface area contributed by atoms with Gasteiger partial charge in [0, 0.05) is 10.6 Å². The molecule has 0 amide bonds. The van der Waals surface area contributed by atoms with Gasteiger partial charge in [0.15, 0.2) is 6.61 Å². The minimum atomic E-state index is 0.199. The third-order valence-electron chi connectivity index (χ3n) is 3.30. The average molecular weight is 331 g/mol. The number of rotatable bonds is 5. The molecule has 6 heteroatoms. The van der Waals surface area contributed by atoms with Gasteiger partial charge in [-0.25, -0.2) is 0 Å². The number of aromatic nitrogens is 2. The second-order valence-electron chi connectivity index (χ2n) is 4.93. The highest BCUT2D eigenvalue weighted by molar-refractivity contribution is 6.31. The number of hydrogen-bond acceptors (Lipinski definition) is 5. The van der Waals surface area contributed by atoms with Crippen LogP contribution in [0.4, 0.5) is 0 Å². The first-order valence-corrected chi connectivity index (χ1v) is 7.39. The third-order valence-corrected chi connectivity index (χ3v) is 3.72. The van der Waals surface area contributed by atoms with Gasteiger partial charge in [-0.15, -0.1) is 10.2 Å². The SMILES string of the molecule is COc1ccc(-c2nnc(COc3ccc(Cl)c(C)c3)o2)cc1. The Morgan fingerprint density at radius 2 is 1.78 bits per heavy atom. The molecular formula is C17H15ClN2O3. The topological polar surface area (TPSA) is 57.4 Å². The van der Waals surface area contributed by atoms with Crippen LogP contribution in [0.3, 0.4) is 0 Å².